The van der Waals surface area contributed by atoms with Gasteiger partial charge < -0.3 is 5.32 Å². The molecule has 1 amide bonds. The van der Waals surface area contributed by atoms with Crippen molar-refractivity contribution in [2.24, 2.45) is 5.92 Å². The largest absolute Gasteiger partial charge is 0.313 e. The van der Waals surface area contributed by atoms with Gasteiger partial charge >= 0.3 is 0 Å². The summed E-state index contributed by atoms with van der Waals surface area (Å²) in [6.45, 7) is 7.05. The van der Waals surface area contributed by atoms with E-state index in [-0.39, 0.29) is 5.91 Å². The molecule has 0 bridgehead atoms. The highest BCUT2D eigenvalue weighted by Crippen LogP contribution is 2.39. The quantitative estimate of drug-likeness (QED) is 0.846. The van der Waals surface area contributed by atoms with Gasteiger partial charge in [0.05, 0.1) is 11.8 Å². The summed E-state index contributed by atoms with van der Waals surface area (Å²) >= 11 is 1.55. The first-order chi connectivity index (χ1) is 12.0. The SMILES string of the molecule is CCn1ncc(/C=C/C(=O)Nc2sc3c(c2C#N)CC[C@H](C)C3)c1C. The monoisotopic (exact) mass is 354 g/mol. The molecule has 2 aromatic heterocycles. The van der Waals surface area contributed by atoms with Crippen molar-refractivity contribution in [1.29, 1.82) is 5.26 Å². The number of carbonyl (C=O) groups excluding carboxylic acids is 1. The van der Waals surface area contributed by atoms with Crippen LogP contribution in [-0.4, -0.2) is 15.7 Å². The maximum atomic E-state index is 12.3. The van der Waals surface area contributed by atoms with Crippen LogP contribution in [0.2, 0.25) is 0 Å². The Hall–Kier alpha value is -2.39. The molecule has 2 aromatic rings. The van der Waals surface area contributed by atoms with Crippen molar-refractivity contribution >= 4 is 28.3 Å². The second kappa shape index (κ2) is 7.24. The van der Waals surface area contributed by atoms with Crippen molar-refractivity contribution in [2.75, 3.05) is 5.32 Å². The molecule has 1 aliphatic rings. The molecule has 0 saturated carbocycles. The summed E-state index contributed by atoms with van der Waals surface area (Å²) in [5.74, 6) is 0.422. The number of amides is 1. The standard InChI is InChI=1S/C19H22N4OS/c1-4-23-13(3)14(11-21-23)6-8-18(24)22-19-16(10-20)15-7-5-12(2)9-17(15)25-19/h6,8,11-12H,4-5,7,9H2,1-3H3,(H,22,24)/b8-6+/t12-/m0/s1. The number of rotatable bonds is 4. The molecule has 0 spiro atoms. The zero-order valence-electron chi connectivity index (χ0n) is 14.8. The number of aromatic nitrogens is 2. The average Bonchev–Trinajstić information content (AvgIpc) is 3.11. The van der Waals surface area contributed by atoms with E-state index >= 15 is 0 Å². The fraction of sp³-hybridized carbons (Fsp3) is 0.421. The van der Waals surface area contributed by atoms with Gasteiger partial charge in [0.2, 0.25) is 5.91 Å². The van der Waals surface area contributed by atoms with Gasteiger partial charge in [-0.1, -0.05) is 6.92 Å². The first-order valence-electron chi connectivity index (χ1n) is 8.59. The second-order valence-electron chi connectivity index (χ2n) is 6.49. The number of nitrogens with one attached hydrogen (secondary N) is 1. The first-order valence-corrected chi connectivity index (χ1v) is 9.41. The third-order valence-corrected chi connectivity index (χ3v) is 5.88. The predicted molar refractivity (Wildman–Crippen MR) is 101 cm³/mol. The fourth-order valence-corrected chi connectivity index (χ4v) is 4.58. The summed E-state index contributed by atoms with van der Waals surface area (Å²) < 4.78 is 1.89. The molecule has 0 fully saturated rings. The molecule has 5 nitrogen and oxygen atoms in total. The van der Waals surface area contributed by atoms with Gasteiger partial charge in [0, 0.05) is 28.8 Å². The van der Waals surface area contributed by atoms with Crippen molar-refractivity contribution in [3.8, 4) is 6.07 Å². The van der Waals surface area contributed by atoms with E-state index in [1.807, 2.05) is 18.5 Å². The third kappa shape index (κ3) is 3.52. The highest BCUT2D eigenvalue weighted by Gasteiger charge is 2.24. The topological polar surface area (TPSA) is 70.7 Å². The van der Waals surface area contributed by atoms with Crippen LogP contribution in [0.5, 0.6) is 0 Å². The summed E-state index contributed by atoms with van der Waals surface area (Å²) in [6, 6.07) is 2.28. The molecule has 1 aliphatic carbocycles. The van der Waals surface area contributed by atoms with E-state index in [0.717, 1.165) is 42.6 Å². The highest BCUT2D eigenvalue weighted by molar-refractivity contribution is 7.16. The normalized spacial score (nSPS) is 16.6. The van der Waals surface area contributed by atoms with Crippen LogP contribution in [0.1, 0.15) is 47.5 Å². The Labute approximate surface area is 152 Å². The van der Waals surface area contributed by atoms with Crippen molar-refractivity contribution in [1.82, 2.24) is 9.78 Å². The maximum absolute atomic E-state index is 12.3. The van der Waals surface area contributed by atoms with Crippen LogP contribution in [0.3, 0.4) is 0 Å². The molecule has 130 valence electrons. The van der Waals surface area contributed by atoms with Crippen LogP contribution < -0.4 is 5.32 Å². The van der Waals surface area contributed by atoms with Crippen LogP contribution in [0.15, 0.2) is 12.3 Å². The zero-order chi connectivity index (χ0) is 18.0. The van der Waals surface area contributed by atoms with E-state index in [0.29, 0.717) is 16.5 Å². The van der Waals surface area contributed by atoms with Gasteiger partial charge in [-0.15, -0.1) is 11.3 Å². The molecule has 0 radical (unpaired) electrons. The van der Waals surface area contributed by atoms with E-state index in [4.69, 9.17) is 0 Å². The van der Waals surface area contributed by atoms with Crippen LogP contribution in [0, 0.1) is 24.2 Å². The van der Waals surface area contributed by atoms with Gasteiger partial charge in [0.25, 0.3) is 0 Å². The van der Waals surface area contributed by atoms with Gasteiger partial charge in [0.15, 0.2) is 0 Å². The van der Waals surface area contributed by atoms with Crippen molar-refractivity contribution < 1.29 is 4.79 Å². The predicted octanol–water partition coefficient (Wildman–Crippen LogP) is 3.92. The molecule has 3 rings (SSSR count). The van der Waals surface area contributed by atoms with E-state index in [1.54, 1.807) is 23.6 Å². The smallest absolute Gasteiger partial charge is 0.249 e. The number of thiophene rings is 1. The number of hydrogen-bond acceptors (Lipinski definition) is 4. The van der Waals surface area contributed by atoms with Gasteiger partial charge in [-0.2, -0.15) is 10.4 Å². The second-order valence-corrected chi connectivity index (χ2v) is 7.60. The first kappa shape index (κ1) is 17.4. The Balaban J connectivity index is 1.76. The molecule has 0 saturated heterocycles. The van der Waals surface area contributed by atoms with Gasteiger partial charge in [-0.05, 0) is 50.7 Å². The molecule has 1 atom stereocenters. The third-order valence-electron chi connectivity index (χ3n) is 4.72. The molecule has 0 aliphatic heterocycles. The number of aryl methyl sites for hydroxylation is 1. The van der Waals surface area contributed by atoms with Crippen molar-refractivity contribution in [3.05, 3.63) is 39.5 Å². The van der Waals surface area contributed by atoms with Gasteiger partial charge in [0.1, 0.15) is 11.1 Å². The summed E-state index contributed by atoms with van der Waals surface area (Å²) in [5, 5.41) is 17.3. The van der Waals surface area contributed by atoms with E-state index in [1.165, 1.54) is 11.0 Å². The average molecular weight is 354 g/mol. The molecule has 1 N–H and O–H groups in total. The number of nitrogens with zero attached hydrogens (tertiary/aromatic N) is 3. The van der Waals surface area contributed by atoms with Crippen molar-refractivity contribution in [3.63, 3.8) is 0 Å². The van der Waals surface area contributed by atoms with Crippen molar-refractivity contribution in [2.45, 2.75) is 46.6 Å². The summed E-state index contributed by atoms with van der Waals surface area (Å²) in [6.07, 6.45) is 8.06. The van der Waals surface area contributed by atoms with E-state index < -0.39 is 0 Å². The summed E-state index contributed by atoms with van der Waals surface area (Å²) in [4.78, 5) is 13.5. The number of fused-ring (bicyclic) bond motifs is 1. The maximum Gasteiger partial charge on any atom is 0.249 e. The Morgan fingerprint density at radius 3 is 3.08 bits per heavy atom. The molecule has 2 heterocycles. The summed E-state index contributed by atoms with van der Waals surface area (Å²) in [5.41, 5.74) is 3.73. The zero-order valence-corrected chi connectivity index (χ0v) is 15.6. The highest BCUT2D eigenvalue weighted by atomic mass is 32.1. The summed E-state index contributed by atoms with van der Waals surface area (Å²) in [7, 11) is 0. The minimum Gasteiger partial charge on any atom is -0.313 e. The lowest BCUT2D eigenvalue weighted by Gasteiger charge is -2.17. The lowest BCUT2D eigenvalue weighted by atomic mass is 9.89. The van der Waals surface area contributed by atoms with E-state index in [2.05, 4.69) is 23.4 Å². The Kier molecular flexibility index (Phi) is 5.05. The Bertz CT molecular complexity index is 869. The lowest BCUT2D eigenvalue weighted by Crippen LogP contribution is -2.10. The van der Waals surface area contributed by atoms with Crippen LogP contribution in [-0.2, 0) is 24.2 Å². The minimum absolute atomic E-state index is 0.216. The molecular formula is C19H22N4OS. The van der Waals surface area contributed by atoms with Crippen LogP contribution in [0.4, 0.5) is 5.00 Å². The fourth-order valence-electron chi connectivity index (χ4n) is 3.22. The van der Waals surface area contributed by atoms with Crippen LogP contribution >= 0.6 is 11.3 Å². The molecule has 25 heavy (non-hydrogen) atoms. The lowest BCUT2D eigenvalue weighted by molar-refractivity contribution is -0.111. The number of hydrogen-bond donors (Lipinski definition) is 1. The van der Waals surface area contributed by atoms with Gasteiger partial charge in [-0.3, -0.25) is 9.48 Å². The number of nitriles is 1. The molecule has 0 unspecified atom stereocenters. The minimum atomic E-state index is -0.216. The Morgan fingerprint density at radius 2 is 2.40 bits per heavy atom. The number of carbonyl (C=O) groups is 1. The molecule has 6 heteroatoms. The Morgan fingerprint density at radius 1 is 1.60 bits per heavy atom. The number of anilines is 1. The molecule has 0 aromatic carbocycles. The van der Waals surface area contributed by atoms with Crippen LogP contribution in [0.25, 0.3) is 6.08 Å². The van der Waals surface area contributed by atoms with Gasteiger partial charge in [-0.25, -0.2) is 0 Å². The molecular weight excluding hydrogens is 332 g/mol. The van der Waals surface area contributed by atoms with E-state index in [9.17, 15) is 10.1 Å².